The molecule has 0 aromatic carbocycles. The summed E-state index contributed by atoms with van der Waals surface area (Å²) in [4.78, 5) is 28.0. The predicted octanol–water partition coefficient (Wildman–Crippen LogP) is 1.88. The van der Waals surface area contributed by atoms with Crippen molar-refractivity contribution >= 4 is 23.8 Å². The van der Waals surface area contributed by atoms with Crippen LogP contribution in [-0.2, 0) is 9.53 Å². The van der Waals surface area contributed by atoms with Gasteiger partial charge in [0.2, 0.25) is 5.91 Å². The highest BCUT2D eigenvalue weighted by Crippen LogP contribution is 2.59. The number of nitrogens with one attached hydrogen (secondary N) is 2. The van der Waals surface area contributed by atoms with Crippen molar-refractivity contribution in [3.63, 3.8) is 0 Å². The molecule has 9 heteroatoms. The Bertz CT molecular complexity index is 980. The van der Waals surface area contributed by atoms with Gasteiger partial charge in [0.05, 0.1) is 24.8 Å². The number of aliphatic hydroxyl groups is 1. The highest BCUT2D eigenvalue weighted by atomic mass is 16.5. The zero-order valence-corrected chi connectivity index (χ0v) is 21.1. The first kappa shape index (κ1) is 24.3. The van der Waals surface area contributed by atoms with Crippen LogP contribution in [0.1, 0.15) is 56.3 Å². The Morgan fingerprint density at radius 3 is 2.54 bits per heavy atom. The summed E-state index contributed by atoms with van der Waals surface area (Å²) in [5, 5.41) is 20.7. The highest BCUT2D eigenvalue weighted by Gasteiger charge is 2.55. The largest absolute Gasteiger partial charge is 0.396 e. The molecule has 1 saturated heterocycles. The molecule has 2 atom stereocenters. The summed E-state index contributed by atoms with van der Waals surface area (Å²) in [5.41, 5.74) is -0.0849. The molecule has 0 spiro atoms. The molecular weight excluding hydrogens is 446 g/mol. The van der Waals surface area contributed by atoms with E-state index >= 15 is 0 Å². The first-order chi connectivity index (χ1) is 16.7. The fourth-order valence-corrected chi connectivity index (χ4v) is 7.22. The first-order valence-corrected chi connectivity index (χ1v) is 13.0. The van der Waals surface area contributed by atoms with E-state index in [-0.39, 0.29) is 29.9 Å². The molecule has 9 nitrogen and oxygen atoms in total. The van der Waals surface area contributed by atoms with E-state index in [0.29, 0.717) is 49.6 Å². The number of nitrogens with zero attached hydrogens (tertiary/aromatic N) is 3. The predicted molar refractivity (Wildman–Crippen MR) is 133 cm³/mol. The summed E-state index contributed by atoms with van der Waals surface area (Å²) in [6, 6.07) is 0.155. The minimum Gasteiger partial charge on any atom is -0.396 e. The van der Waals surface area contributed by atoms with Crippen molar-refractivity contribution in [2.24, 2.45) is 28.6 Å². The topological polar surface area (TPSA) is 109 Å². The Morgan fingerprint density at radius 2 is 1.91 bits per heavy atom. The van der Waals surface area contributed by atoms with Crippen molar-refractivity contribution in [2.45, 2.75) is 52.0 Å². The lowest BCUT2D eigenvalue weighted by molar-refractivity contribution is -0.126. The van der Waals surface area contributed by atoms with Crippen LogP contribution in [0.4, 0.5) is 5.82 Å². The number of carbonyl (C=O) groups is 2. The Labute approximate surface area is 207 Å². The van der Waals surface area contributed by atoms with Gasteiger partial charge in [0, 0.05) is 39.0 Å². The molecule has 0 radical (unpaired) electrons. The Kier molecular flexibility index (Phi) is 6.42. The fourth-order valence-electron chi connectivity index (χ4n) is 7.22. The molecular formula is C26H39N5O4. The SMILES string of the molecule is CNC(=O)C(C)(C)/C=C/n1ncc(C(=O)N[C@H]2C3CC4CC2C[C@](CO)(C4)C3)c1N1CCOCC1. The van der Waals surface area contributed by atoms with Gasteiger partial charge in [-0.3, -0.25) is 9.59 Å². The third-order valence-corrected chi connectivity index (χ3v) is 8.80. The fraction of sp³-hybridized carbons (Fsp3) is 0.731. The second-order valence-electron chi connectivity index (χ2n) is 11.7. The van der Waals surface area contributed by atoms with E-state index < -0.39 is 5.41 Å². The summed E-state index contributed by atoms with van der Waals surface area (Å²) in [5.74, 6) is 2.13. The minimum atomic E-state index is -0.714. The standard InChI is InChI=1S/C26H39N5O4/c1-25(2,24(34)27-3)4-5-31-23(30-6-8-35-9-7-30)20(15-28-31)22(33)29-21-18-10-17-11-19(21)14-26(12-17,13-18)16-32/h4-5,15,17-19,21,32H,6-14,16H2,1-3H3,(H,27,34)(H,29,33)/b5-4+/t17?,18?,19?,21-,26-. The van der Waals surface area contributed by atoms with Crippen molar-refractivity contribution in [3.05, 3.63) is 17.8 Å². The molecule has 5 fully saturated rings. The van der Waals surface area contributed by atoms with E-state index in [1.807, 2.05) is 19.9 Å². The molecule has 3 N–H and O–H groups in total. The third kappa shape index (κ3) is 4.48. The van der Waals surface area contributed by atoms with Crippen molar-refractivity contribution in [2.75, 3.05) is 44.9 Å². The van der Waals surface area contributed by atoms with Crippen LogP contribution in [0.5, 0.6) is 0 Å². The number of rotatable bonds is 7. The molecule has 1 aromatic rings. The van der Waals surface area contributed by atoms with Crippen molar-refractivity contribution in [3.8, 4) is 0 Å². The van der Waals surface area contributed by atoms with E-state index in [2.05, 4.69) is 20.6 Å². The molecule has 1 aromatic heterocycles. The number of carbonyl (C=O) groups excluding carboxylic acids is 2. The van der Waals surface area contributed by atoms with E-state index in [0.717, 1.165) is 37.9 Å². The summed E-state index contributed by atoms with van der Waals surface area (Å²) < 4.78 is 7.25. The molecule has 1 aliphatic heterocycles. The van der Waals surface area contributed by atoms with E-state index in [4.69, 9.17) is 4.74 Å². The van der Waals surface area contributed by atoms with Gasteiger partial charge in [0.1, 0.15) is 11.4 Å². The van der Waals surface area contributed by atoms with Gasteiger partial charge in [-0.05, 0) is 69.1 Å². The number of aliphatic hydroxyl groups excluding tert-OH is 1. The molecule has 2 amide bonds. The number of ether oxygens (including phenoxy) is 1. The van der Waals surface area contributed by atoms with Gasteiger partial charge in [-0.1, -0.05) is 6.08 Å². The summed E-state index contributed by atoms with van der Waals surface area (Å²) in [6.45, 7) is 6.50. The molecule has 35 heavy (non-hydrogen) atoms. The van der Waals surface area contributed by atoms with Crippen LogP contribution < -0.4 is 15.5 Å². The van der Waals surface area contributed by atoms with Gasteiger partial charge >= 0.3 is 0 Å². The second-order valence-corrected chi connectivity index (χ2v) is 11.7. The van der Waals surface area contributed by atoms with Crippen molar-refractivity contribution in [1.29, 1.82) is 0 Å². The van der Waals surface area contributed by atoms with E-state index in [1.54, 1.807) is 24.1 Å². The lowest BCUT2D eigenvalue weighted by atomic mass is 9.48. The van der Waals surface area contributed by atoms with Crippen LogP contribution >= 0.6 is 0 Å². The maximum Gasteiger partial charge on any atom is 0.256 e. The maximum atomic E-state index is 13.7. The zero-order valence-electron chi connectivity index (χ0n) is 21.1. The van der Waals surface area contributed by atoms with Gasteiger partial charge in [-0.25, -0.2) is 4.68 Å². The number of hydrogen-bond donors (Lipinski definition) is 3. The van der Waals surface area contributed by atoms with Crippen LogP contribution in [0.15, 0.2) is 12.3 Å². The van der Waals surface area contributed by atoms with Crippen molar-refractivity contribution < 1.29 is 19.4 Å². The summed E-state index contributed by atoms with van der Waals surface area (Å²) in [6.07, 6.45) is 10.7. The average Bonchev–Trinajstić information content (AvgIpc) is 3.28. The number of aromatic nitrogens is 2. The smallest absolute Gasteiger partial charge is 0.256 e. The van der Waals surface area contributed by atoms with Gasteiger partial charge in [0.15, 0.2) is 0 Å². The van der Waals surface area contributed by atoms with Crippen LogP contribution in [-0.4, -0.2) is 72.7 Å². The van der Waals surface area contributed by atoms with Gasteiger partial charge < -0.3 is 25.4 Å². The van der Waals surface area contributed by atoms with E-state index in [9.17, 15) is 14.7 Å². The second kappa shape index (κ2) is 9.24. The van der Waals surface area contributed by atoms with Crippen LogP contribution in [0.2, 0.25) is 0 Å². The van der Waals surface area contributed by atoms with Crippen LogP contribution in [0.3, 0.4) is 0 Å². The zero-order chi connectivity index (χ0) is 24.8. The molecule has 5 aliphatic rings. The Balaban J connectivity index is 1.39. The minimum absolute atomic E-state index is 0.0734. The molecule has 4 aliphatic carbocycles. The quantitative estimate of drug-likeness (QED) is 0.544. The molecule has 4 saturated carbocycles. The van der Waals surface area contributed by atoms with E-state index in [1.165, 1.54) is 0 Å². The summed E-state index contributed by atoms with van der Waals surface area (Å²) >= 11 is 0. The Morgan fingerprint density at radius 1 is 1.23 bits per heavy atom. The maximum absolute atomic E-state index is 13.7. The van der Waals surface area contributed by atoms with Gasteiger partial charge in [-0.15, -0.1) is 0 Å². The van der Waals surface area contributed by atoms with Crippen molar-refractivity contribution in [1.82, 2.24) is 20.4 Å². The van der Waals surface area contributed by atoms with Crippen LogP contribution in [0, 0.1) is 28.6 Å². The van der Waals surface area contributed by atoms with Crippen LogP contribution in [0.25, 0.3) is 6.20 Å². The number of hydrogen-bond acceptors (Lipinski definition) is 6. The summed E-state index contributed by atoms with van der Waals surface area (Å²) in [7, 11) is 1.62. The molecule has 2 heterocycles. The molecule has 4 bridgehead atoms. The number of anilines is 1. The molecule has 192 valence electrons. The monoisotopic (exact) mass is 485 g/mol. The van der Waals surface area contributed by atoms with Gasteiger partial charge in [-0.2, -0.15) is 5.10 Å². The highest BCUT2D eigenvalue weighted by molar-refractivity contribution is 5.99. The lowest BCUT2D eigenvalue weighted by Crippen LogP contribution is -2.60. The first-order valence-electron chi connectivity index (χ1n) is 13.0. The van der Waals surface area contributed by atoms with Gasteiger partial charge in [0.25, 0.3) is 5.91 Å². The molecule has 6 rings (SSSR count). The average molecular weight is 486 g/mol. The molecule has 2 unspecified atom stereocenters. The third-order valence-electron chi connectivity index (χ3n) is 8.80. The lowest BCUT2D eigenvalue weighted by Gasteiger charge is -2.59. The Hall–Kier alpha value is -2.39. The normalized spacial score (nSPS) is 32.3. The number of morpholine rings is 1. The number of amides is 2.